The Morgan fingerprint density at radius 3 is 1.49 bits per heavy atom. The third kappa shape index (κ3) is 8.10. The third-order valence-electron chi connectivity index (χ3n) is 8.99. The van der Waals surface area contributed by atoms with Gasteiger partial charge in [-0.15, -0.1) is 0 Å². The fourth-order valence-electron chi connectivity index (χ4n) is 5.92. The van der Waals surface area contributed by atoms with Gasteiger partial charge in [0.05, 0.1) is 24.2 Å². The summed E-state index contributed by atoms with van der Waals surface area (Å²) < 4.78 is 28.4. The lowest BCUT2D eigenvalue weighted by Crippen LogP contribution is -2.48. The summed E-state index contributed by atoms with van der Waals surface area (Å²) in [7, 11) is 0. The molecule has 15 heteroatoms. The van der Waals surface area contributed by atoms with Crippen molar-refractivity contribution >= 4 is 17.8 Å². The molecular formula is C36H52N4O11. The van der Waals surface area contributed by atoms with Crippen LogP contribution in [0.4, 0.5) is 0 Å². The highest BCUT2D eigenvalue weighted by atomic mass is 16.6. The maximum atomic E-state index is 13.6. The molecule has 0 radical (unpaired) electrons. The molecule has 0 bridgehead atoms. The van der Waals surface area contributed by atoms with Crippen molar-refractivity contribution in [3.63, 3.8) is 0 Å². The van der Waals surface area contributed by atoms with E-state index in [0.717, 1.165) is 0 Å². The number of hydrogen-bond donors (Lipinski definition) is 0. The second-order valence-corrected chi connectivity index (χ2v) is 16.6. The van der Waals surface area contributed by atoms with Crippen LogP contribution in [-0.2, 0) is 23.7 Å². The molecule has 0 saturated carbocycles. The number of esters is 1. The smallest absolute Gasteiger partial charge is 0.340 e. The van der Waals surface area contributed by atoms with Gasteiger partial charge in [0, 0.05) is 47.2 Å². The molecule has 0 spiro atoms. The molecule has 0 amide bonds. The largest absolute Gasteiger partial charge is 0.459 e. The molecule has 0 unspecified atom stereocenters. The molecule has 2 saturated heterocycles. The number of rotatable bonds is 7. The Morgan fingerprint density at radius 2 is 1.10 bits per heavy atom. The first-order valence-corrected chi connectivity index (χ1v) is 17.3. The highest BCUT2D eigenvalue weighted by molar-refractivity contribution is 5.84. The number of ether oxygens (including phenoxy) is 4. The first-order valence-electron chi connectivity index (χ1n) is 17.3. The van der Waals surface area contributed by atoms with Crippen LogP contribution in [-0.4, -0.2) is 67.1 Å². The van der Waals surface area contributed by atoms with E-state index in [2.05, 4.69) is 0 Å². The van der Waals surface area contributed by atoms with E-state index in [1.165, 1.54) is 35.4 Å². The van der Waals surface area contributed by atoms with Crippen LogP contribution >= 0.6 is 0 Å². The minimum Gasteiger partial charge on any atom is -0.459 e. The summed E-state index contributed by atoms with van der Waals surface area (Å²) in [5.74, 6) is -1.80. The average molecular weight is 717 g/mol. The van der Waals surface area contributed by atoms with Gasteiger partial charge < -0.3 is 18.9 Å². The molecular weight excluding hydrogens is 664 g/mol. The molecule has 2 aromatic heterocycles. The van der Waals surface area contributed by atoms with Gasteiger partial charge in [0.2, 0.25) is 11.8 Å². The molecule has 51 heavy (non-hydrogen) atoms. The fourth-order valence-corrected chi connectivity index (χ4v) is 5.92. The van der Waals surface area contributed by atoms with Crippen molar-refractivity contribution in [3.05, 3.63) is 65.2 Å². The van der Waals surface area contributed by atoms with Gasteiger partial charge in [-0.3, -0.25) is 33.1 Å². The lowest BCUT2D eigenvalue weighted by atomic mass is 9.95. The van der Waals surface area contributed by atoms with E-state index in [1.54, 1.807) is 62.3 Å². The highest BCUT2D eigenvalue weighted by Crippen LogP contribution is 2.35. The predicted molar refractivity (Wildman–Crippen MR) is 186 cm³/mol. The monoisotopic (exact) mass is 716 g/mol. The first kappa shape index (κ1) is 39.8. The predicted octanol–water partition coefficient (Wildman–Crippen LogP) is 3.35. The van der Waals surface area contributed by atoms with Crippen molar-refractivity contribution in [2.24, 2.45) is 16.2 Å². The summed E-state index contributed by atoms with van der Waals surface area (Å²) in [6, 6.07) is 0. The number of aromatic nitrogens is 4. The average Bonchev–Trinajstić information content (AvgIpc) is 3.61. The van der Waals surface area contributed by atoms with Crippen LogP contribution in [0.5, 0.6) is 0 Å². The van der Waals surface area contributed by atoms with Crippen molar-refractivity contribution in [2.75, 3.05) is 6.61 Å². The van der Waals surface area contributed by atoms with Crippen molar-refractivity contribution in [1.82, 2.24) is 18.3 Å². The summed E-state index contributed by atoms with van der Waals surface area (Å²) in [4.78, 5) is 92.3. The van der Waals surface area contributed by atoms with Crippen LogP contribution in [0.3, 0.4) is 0 Å². The van der Waals surface area contributed by atoms with Gasteiger partial charge in [-0.25, -0.2) is 9.59 Å². The van der Waals surface area contributed by atoms with Gasteiger partial charge in [0.25, 0.3) is 11.1 Å². The lowest BCUT2D eigenvalue weighted by molar-refractivity contribution is -0.164. The number of carbonyl (C=O) groups excluding carboxylic acids is 3. The van der Waals surface area contributed by atoms with Crippen LogP contribution in [0.1, 0.15) is 122 Å². The minimum absolute atomic E-state index is 0.0378. The Labute approximate surface area is 296 Å². The second-order valence-electron chi connectivity index (χ2n) is 16.6. The molecule has 2 aliphatic rings. The van der Waals surface area contributed by atoms with E-state index < -0.39 is 93.4 Å². The van der Waals surface area contributed by atoms with Gasteiger partial charge >= 0.3 is 17.3 Å². The highest BCUT2D eigenvalue weighted by Gasteiger charge is 2.44. The fraction of sp³-hybridized carbons (Fsp3) is 0.694. The molecule has 15 nitrogen and oxygen atoms in total. The van der Waals surface area contributed by atoms with E-state index in [-0.39, 0.29) is 30.6 Å². The number of hydrogen-bond acceptors (Lipinski definition) is 11. The minimum atomic E-state index is -1.02. The van der Waals surface area contributed by atoms with Crippen molar-refractivity contribution in [3.8, 4) is 0 Å². The molecule has 4 heterocycles. The molecule has 282 valence electrons. The van der Waals surface area contributed by atoms with E-state index in [0.29, 0.717) is 15.6 Å². The Bertz CT molecular complexity index is 1930. The molecule has 0 aromatic carbocycles. The maximum Gasteiger partial charge on any atom is 0.340 e. The van der Waals surface area contributed by atoms with E-state index in [4.69, 9.17) is 18.9 Å². The Balaban J connectivity index is 1.63. The SMILES string of the molecule is CC[C@H]1O[C@@H](n2cc(C)c(=O)n(C(=O)C(C)(C)C)c2=O)C[C@H]1OC[C@H]1O[C@@H](n2cc(C)c(=O)n(C(=O)C(C)(C)C)c2=O)C[C@H]1OC(=O)C(C)(C)C. The molecule has 4 rings (SSSR count). The van der Waals surface area contributed by atoms with Crippen molar-refractivity contribution < 1.29 is 33.3 Å². The maximum absolute atomic E-state index is 13.6. The standard InChI is InChI=1S/C36H52N4O11/c1-13-21-22(14-25(49-21)37-16-19(2)27(41)39(32(37)46)29(43)34(4,5)6)48-18-24-23(51-31(45)36(10,11)12)15-26(50-24)38-17-20(3)28(42)40(33(38)47)30(44)35(7,8)9/h16-17,21-26H,13-15,18H2,1-12H3/t21-,22-,23-,24-,25-,26-/m1/s1. The van der Waals surface area contributed by atoms with E-state index >= 15 is 0 Å². The Morgan fingerprint density at radius 1 is 0.686 bits per heavy atom. The summed E-state index contributed by atoms with van der Waals surface area (Å²) >= 11 is 0. The molecule has 2 fully saturated rings. The van der Waals surface area contributed by atoms with Gasteiger partial charge in [-0.2, -0.15) is 9.13 Å². The first-order chi connectivity index (χ1) is 23.4. The van der Waals surface area contributed by atoms with Crippen molar-refractivity contribution in [2.45, 2.75) is 139 Å². The van der Waals surface area contributed by atoms with Crippen LogP contribution in [0.2, 0.25) is 0 Å². The molecule has 0 N–H and O–H groups in total. The third-order valence-corrected chi connectivity index (χ3v) is 8.99. The lowest BCUT2D eigenvalue weighted by Gasteiger charge is -2.25. The van der Waals surface area contributed by atoms with Gasteiger partial charge in [0.1, 0.15) is 24.7 Å². The quantitative estimate of drug-likeness (QED) is 0.384. The number of nitrogens with zero attached hydrogens (tertiary/aromatic N) is 4. The van der Waals surface area contributed by atoms with Crippen LogP contribution in [0, 0.1) is 30.1 Å². The van der Waals surface area contributed by atoms with Crippen LogP contribution in [0.15, 0.2) is 31.6 Å². The topological polar surface area (TPSA) is 176 Å². The van der Waals surface area contributed by atoms with Gasteiger partial charge in [-0.1, -0.05) is 48.5 Å². The summed E-state index contributed by atoms with van der Waals surface area (Å²) in [5.41, 5.74) is -5.60. The number of carbonyl (C=O) groups is 3. The van der Waals surface area contributed by atoms with Crippen molar-refractivity contribution in [1.29, 1.82) is 0 Å². The van der Waals surface area contributed by atoms with Crippen LogP contribution in [0.25, 0.3) is 0 Å². The summed E-state index contributed by atoms with van der Waals surface area (Å²) in [6.07, 6.45) is -1.16. The zero-order valence-electron chi connectivity index (χ0n) is 31.7. The zero-order chi connectivity index (χ0) is 38.5. The second kappa shape index (κ2) is 14.2. The van der Waals surface area contributed by atoms with Gasteiger partial charge in [0.15, 0.2) is 0 Å². The zero-order valence-corrected chi connectivity index (χ0v) is 31.7. The Hall–Kier alpha value is -3.95. The Kier molecular flexibility index (Phi) is 11.1. The molecule has 0 aliphatic carbocycles. The molecule has 6 atom stereocenters. The molecule has 2 aromatic rings. The summed E-state index contributed by atoms with van der Waals surface area (Å²) in [5, 5.41) is 0. The van der Waals surface area contributed by atoms with E-state index in [9.17, 15) is 33.6 Å². The summed E-state index contributed by atoms with van der Waals surface area (Å²) in [6.45, 7) is 19.6. The van der Waals surface area contributed by atoms with E-state index in [1.807, 2.05) is 6.92 Å². The molecule has 2 aliphatic heterocycles. The normalized spacial score (nSPS) is 24.2. The number of aryl methyl sites for hydroxylation is 2. The van der Waals surface area contributed by atoms with Crippen LogP contribution < -0.4 is 22.5 Å². The van der Waals surface area contributed by atoms with Gasteiger partial charge in [-0.05, 0) is 41.0 Å².